The zero-order valence-corrected chi connectivity index (χ0v) is 12.0. The zero-order chi connectivity index (χ0) is 14.4. The largest absolute Gasteiger partial charge is 0.332 e. The first-order chi connectivity index (χ1) is 10.2. The Morgan fingerprint density at radius 2 is 2.05 bits per heavy atom. The molecule has 1 aliphatic rings. The highest BCUT2D eigenvalue weighted by Crippen LogP contribution is 2.26. The fraction of sp³-hybridized carbons (Fsp3) is 0.267. The van der Waals surface area contributed by atoms with Crippen molar-refractivity contribution in [3.63, 3.8) is 0 Å². The number of nitrogens with zero attached hydrogens (tertiary/aromatic N) is 3. The molecule has 1 aliphatic heterocycles. The Morgan fingerprint density at radius 3 is 2.90 bits per heavy atom. The van der Waals surface area contributed by atoms with Crippen LogP contribution in [0.2, 0.25) is 5.02 Å². The number of nitrogens with one attached hydrogen (secondary N) is 1. The average Bonchev–Trinajstić information content (AvgIpc) is 2.92. The number of aromatic amines is 1. The van der Waals surface area contributed by atoms with Gasteiger partial charge in [-0.25, -0.2) is 9.97 Å². The summed E-state index contributed by atoms with van der Waals surface area (Å²) in [6.07, 6.45) is 2.92. The Bertz CT molecular complexity index is 896. The first kappa shape index (κ1) is 12.6. The molecular weight excluding hydrogens is 288 g/mol. The smallest absolute Gasteiger partial charge is 0.279 e. The van der Waals surface area contributed by atoms with Crippen LogP contribution in [-0.4, -0.2) is 19.5 Å². The van der Waals surface area contributed by atoms with E-state index in [1.165, 1.54) is 0 Å². The average molecular weight is 301 g/mol. The number of aromatic nitrogens is 4. The number of benzene rings is 1. The van der Waals surface area contributed by atoms with Crippen LogP contribution in [0.25, 0.3) is 22.6 Å². The summed E-state index contributed by atoms with van der Waals surface area (Å²) in [4.78, 5) is 24.6. The molecule has 4 rings (SSSR count). The summed E-state index contributed by atoms with van der Waals surface area (Å²) in [7, 11) is 0. The van der Waals surface area contributed by atoms with Gasteiger partial charge in [0.2, 0.25) is 0 Å². The number of halogens is 1. The van der Waals surface area contributed by atoms with Crippen LogP contribution in [0.4, 0.5) is 0 Å². The lowest BCUT2D eigenvalue weighted by molar-refractivity contribution is 0.500. The lowest BCUT2D eigenvalue weighted by atomic mass is 10.1. The van der Waals surface area contributed by atoms with Crippen molar-refractivity contribution in [1.82, 2.24) is 19.5 Å². The highest BCUT2D eigenvalue weighted by atomic mass is 35.5. The molecule has 0 atom stereocenters. The van der Waals surface area contributed by atoms with Gasteiger partial charge in [0.15, 0.2) is 11.2 Å². The second-order valence-corrected chi connectivity index (χ2v) is 5.61. The third-order valence-electron chi connectivity index (χ3n) is 3.85. The maximum atomic E-state index is 12.5. The number of fused-ring (bicyclic) bond motifs is 2. The van der Waals surface area contributed by atoms with Crippen LogP contribution in [0.15, 0.2) is 29.1 Å². The van der Waals surface area contributed by atoms with Crippen molar-refractivity contribution in [3.8, 4) is 11.4 Å². The normalized spacial score (nSPS) is 14.3. The topological polar surface area (TPSA) is 63.6 Å². The molecule has 0 bridgehead atoms. The van der Waals surface area contributed by atoms with Crippen LogP contribution in [0.1, 0.15) is 18.7 Å². The monoisotopic (exact) mass is 300 g/mol. The third kappa shape index (κ3) is 1.96. The van der Waals surface area contributed by atoms with E-state index in [0.29, 0.717) is 22.0 Å². The second kappa shape index (κ2) is 4.70. The zero-order valence-electron chi connectivity index (χ0n) is 11.3. The lowest BCUT2D eigenvalue weighted by Gasteiger charge is -2.16. The molecule has 0 unspecified atom stereocenters. The van der Waals surface area contributed by atoms with Crippen LogP contribution in [0.5, 0.6) is 0 Å². The van der Waals surface area contributed by atoms with E-state index in [9.17, 15) is 4.79 Å². The van der Waals surface area contributed by atoms with Gasteiger partial charge in [0, 0.05) is 18.5 Å². The minimum atomic E-state index is -0.0412. The molecule has 21 heavy (non-hydrogen) atoms. The van der Waals surface area contributed by atoms with Crippen molar-refractivity contribution in [1.29, 1.82) is 0 Å². The lowest BCUT2D eigenvalue weighted by Crippen LogP contribution is -2.28. The van der Waals surface area contributed by atoms with Gasteiger partial charge in [-0.1, -0.05) is 23.7 Å². The molecule has 0 aliphatic carbocycles. The van der Waals surface area contributed by atoms with Gasteiger partial charge < -0.3 is 4.98 Å². The van der Waals surface area contributed by atoms with E-state index in [1.807, 2.05) is 18.2 Å². The van der Waals surface area contributed by atoms with Crippen LogP contribution < -0.4 is 5.56 Å². The maximum absolute atomic E-state index is 12.5. The molecule has 5 nitrogen and oxygen atoms in total. The summed E-state index contributed by atoms with van der Waals surface area (Å²) in [5.41, 5.74) is 1.67. The quantitative estimate of drug-likeness (QED) is 0.751. The molecule has 6 heteroatoms. The molecule has 0 spiro atoms. The van der Waals surface area contributed by atoms with Gasteiger partial charge in [-0.05, 0) is 25.0 Å². The molecule has 2 aromatic heterocycles. The summed E-state index contributed by atoms with van der Waals surface area (Å²) >= 11 is 6.19. The number of H-pyrrole nitrogens is 1. The molecule has 0 radical (unpaired) electrons. The van der Waals surface area contributed by atoms with E-state index < -0.39 is 0 Å². The molecule has 1 N–H and O–H groups in total. The van der Waals surface area contributed by atoms with E-state index in [2.05, 4.69) is 15.0 Å². The third-order valence-corrected chi connectivity index (χ3v) is 4.18. The van der Waals surface area contributed by atoms with Crippen molar-refractivity contribution < 1.29 is 0 Å². The highest BCUT2D eigenvalue weighted by Gasteiger charge is 2.18. The van der Waals surface area contributed by atoms with Crippen molar-refractivity contribution in [2.24, 2.45) is 0 Å². The number of imidazole rings is 1. The Hall–Kier alpha value is -2.14. The summed E-state index contributed by atoms with van der Waals surface area (Å²) in [5.74, 6) is 1.42. The highest BCUT2D eigenvalue weighted by molar-refractivity contribution is 6.33. The van der Waals surface area contributed by atoms with Gasteiger partial charge in [0.25, 0.3) is 5.56 Å². The first-order valence-corrected chi connectivity index (χ1v) is 7.36. The van der Waals surface area contributed by atoms with Crippen molar-refractivity contribution in [2.45, 2.75) is 25.8 Å². The second-order valence-electron chi connectivity index (χ2n) is 5.21. The van der Waals surface area contributed by atoms with Crippen LogP contribution in [0, 0.1) is 0 Å². The van der Waals surface area contributed by atoms with Crippen LogP contribution in [-0.2, 0) is 13.0 Å². The fourth-order valence-electron chi connectivity index (χ4n) is 2.78. The summed E-state index contributed by atoms with van der Waals surface area (Å²) in [6.45, 7) is 0.734. The molecule has 3 heterocycles. The molecule has 0 saturated carbocycles. The minimum Gasteiger partial charge on any atom is -0.332 e. The van der Waals surface area contributed by atoms with Crippen molar-refractivity contribution in [2.75, 3.05) is 0 Å². The van der Waals surface area contributed by atoms with E-state index >= 15 is 0 Å². The van der Waals surface area contributed by atoms with Gasteiger partial charge in [-0.3, -0.25) is 9.36 Å². The number of aryl methyl sites for hydroxylation is 1. The van der Waals surface area contributed by atoms with E-state index in [0.717, 1.165) is 37.2 Å². The van der Waals surface area contributed by atoms with Gasteiger partial charge in [-0.15, -0.1) is 0 Å². The van der Waals surface area contributed by atoms with E-state index in [-0.39, 0.29) is 5.56 Å². The Labute approximate surface area is 125 Å². The standard InChI is InChI=1S/C15H13ClN4O/c16-10-6-2-1-5-9(10)13-18-12-14(19-13)17-11-7-3-4-8-20(11)15(12)21/h1-2,5-6H,3-4,7-8H2,(H,18,19). The molecule has 0 amide bonds. The van der Waals surface area contributed by atoms with Crippen LogP contribution >= 0.6 is 11.6 Å². The van der Waals surface area contributed by atoms with E-state index in [4.69, 9.17) is 11.6 Å². The van der Waals surface area contributed by atoms with Gasteiger partial charge >= 0.3 is 0 Å². The van der Waals surface area contributed by atoms with Gasteiger partial charge in [0.05, 0.1) is 5.02 Å². The number of rotatable bonds is 1. The predicted octanol–water partition coefficient (Wildman–Crippen LogP) is 2.78. The Kier molecular flexibility index (Phi) is 2.82. The van der Waals surface area contributed by atoms with Gasteiger partial charge in [0.1, 0.15) is 11.6 Å². The SMILES string of the molecule is O=c1c2[nH]c(-c3ccccc3Cl)nc2nc2n1CCCC2. The summed E-state index contributed by atoms with van der Waals surface area (Å²) < 4.78 is 1.75. The molecule has 0 saturated heterocycles. The molecule has 106 valence electrons. The maximum Gasteiger partial charge on any atom is 0.279 e. The van der Waals surface area contributed by atoms with Crippen molar-refractivity contribution >= 4 is 22.8 Å². The van der Waals surface area contributed by atoms with Crippen molar-refractivity contribution in [3.05, 3.63) is 45.5 Å². The predicted molar refractivity (Wildman–Crippen MR) is 81.5 cm³/mol. The van der Waals surface area contributed by atoms with Gasteiger partial charge in [-0.2, -0.15) is 0 Å². The molecule has 0 fully saturated rings. The molecule has 3 aromatic rings. The number of hydrogen-bond acceptors (Lipinski definition) is 3. The minimum absolute atomic E-state index is 0.0412. The Morgan fingerprint density at radius 1 is 1.19 bits per heavy atom. The molecule has 1 aromatic carbocycles. The first-order valence-electron chi connectivity index (χ1n) is 6.98. The summed E-state index contributed by atoms with van der Waals surface area (Å²) in [6, 6.07) is 7.42. The number of hydrogen-bond donors (Lipinski definition) is 1. The molecular formula is C15H13ClN4O. The van der Waals surface area contributed by atoms with Crippen LogP contribution in [0.3, 0.4) is 0 Å². The fourth-order valence-corrected chi connectivity index (χ4v) is 3.01. The van der Waals surface area contributed by atoms with E-state index in [1.54, 1.807) is 10.6 Å². The Balaban J connectivity index is 1.97. The summed E-state index contributed by atoms with van der Waals surface area (Å²) in [5, 5.41) is 0.599.